The summed E-state index contributed by atoms with van der Waals surface area (Å²) in [4.78, 5) is 29.9. The Hall–Kier alpha value is -2.60. The first-order valence-corrected chi connectivity index (χ1v) is 10.3. The number of amides is 2. The number of anilines is 1. The van der Waals surface area contributed by atoms with Gasteiger partial charge in [-0.1, -0.05) is 6.07 Å². The SMILES string of the molecule is Cc1ccc(N2CC(C(=O)N(Cc3ccco3)C3CCOCC3)CC2=O)cc1C. The van der Waals surface area contributed by atoms with E-state index in [1.165, 1.54) is 5.56 Å². The summed E-state index contributed by atoms with van der Waals surface area (Å²) in [5.41, 5.74) is 3.21. The van der Waals surface area contributed by atoms with Crippen LogP contribution in [0, 0.1) is 19.8 Å². The van der Waals surface area contributed by atoms with Crippen molar-refractivity contribution in [1.29, 1.82) is 0 Å². The molecule has 4 rings (SSSR count). The first-order chi connectivity index (χ1) is 14.0. The van der Waals surface area contributed by atoms with Gasteiger partial charge in [-0.15, -0.1) is 0 Å². The predicted molar refractivity (Wildman–Crippen MR) is 109 cm³/mol. The standard InChI is InChI=1S/C23H28N2O4/c1-16-5-6-20(12-17(16)2)24-14-18(13-22(24)26)23(27)25(15-21-4-3-9-29-21)19-7-10-28-11-8-19/h3-6,9,12,18-19H,7-8,10-11,13-15H2,1-2H3. The van der Waals surface area contributed by atoms with Gasteiger partial charge in [-0.3, -0.25) is 9.59 Å². The summed E-state index contributed by atoms with van der Waals surface area (Å²) in [6.07, 6.45) is 3.51. The fraction of sp³-hybridized carbons (Fsp3) is 0.478. The summed E-state index contributed by atoms with van der Waals surface area (Å²) >= 11 is 0. The third-order valence-corrected chi connectivity index (χ3v) is 6.10. The van der Waals surface area contributed by atoms with Gasteiger partial charge in [0.25, 0.3) is 0 Å². The lowest BCUT2D eigenvalue weighted by Gasteiger charge is -2.35. The molecule has 1 atom stereocenters. The molecule has 2 fully saturated rings. The monoisotopic (exact) mass is 396 g/mol. The molecular weight excluding hydrogens is 368 g/mol. The number of ether oxygens (including phenoxy) is 1. The Morgan fingerprint density at radius 1 is 1.17 bits per heavy atom. The minimum Gasteiger partial charge on any atom is -0.467 e. The number of furan rings is 1. The molecular formula is C23H28N2O4. The number of benzene rings is 1. The van der Waals surface area contributed by atoms with Crippen molar-refractivity contribution < 1.29 is 18.7 Å². The molecule has 0 bridgehead atoms. The molecule has 2 aliphatic heterocycles. The Balaban J connectivity index is 1.52. The van der Waals surface area contributed by atoms with E-state index >= 15 is 0 Å². The van der Waals surface area contributed by atoms with Gasteiger partial charge >= 0.3 is 0 Å². The maximum atomic E-state index is 13.5. The summed E-state index contributed by atoms with van der Waals surface area (Å²) < 4.78 is 11.0. The van der Waals surface area contributed by atoms with Crippen molar-refractivity contribution in [1.82, 2.24) is 4.90 Å². The van der Waals surface area contributed by atoms with Crippen LogP contribution in [0.1, 0.15) is 36.1 Å². The Morgan fingerprint density at radius 2 is 1.97 bits per heavy atom. The molecule has 2 amide bonds. The second kappa shape index (κ2) is 8.41. The minimum atomic E-state index is -0.332. The van der Waals surface area contributed by atoms with Gasteiger partial charge in [0.2, 0.25) is 11.8 Å². The van der Waals surface area contributed by atoms with Gasteiger partial charge in [0.1, 0.15) is 5.76 Å². The molecule has 0 N–H and O–H groups in total. The summed E-state index contributed by atoms with van der Waals surface area (Å²) in [5, 5.41) is 0. The number of hydrogen-bond acceptors (Lipinski definition) is 4. The van der Waals surface area contributed by atoms with Gasteiger partial charge in [0.15, 0.2) is 0 Å². The van der Waals surface area contributed by atoms with Crippen LogP contribution in [0.15, 0.2) is 41.0 Å². The van der Waals surface area contributed by atoms with Crippen molar-refractivity contribution in [3.8, 4) is 0 Å². The van der Waals surface area contributed by atoms with Crippen LogP contribution in [-0.4, -0.2) is 42.5 Å². The number of aryl methyl sites for hydroxylation is 2. The Kier molecular flexibility index (Phi) is 5.72. The number of nitrogens with zero attached hydrogens (tertiary/aromatic N) is 2. The third-order valence-electron chi connectivity index (χ3n) is 6.10. The fourth-order valence-electron chi connectivity index (χ4n) is 4.20. The molecule has 1 aromatic heterocycles. The van der Waals surface area contributed by atoms with Crippen LogP contribution >= 0.6 is 0 Å². The van der Waals surface area contributed by atoms with E-state index in [0.717, 1.165) is 29.9 Å². The molecule has 6 heteroatoms. The zero-order valence-electron chi connectivity index (χ0n) is 17.1. The van der Waals surface area contributed by atoms with Crippen molar-refractivity contribution in [3.63, 3.8) is 0 Å². The second-order valence-corrected chi connectivity index (χ2v) is 8.06. The fourth-order valence-corrected chi connectivity index (χ4v) is 4.20. The quantitative estimate of drug-likeness (QED) is 0.777. The highest BCUT2D eigenvalue weighted by Crippen LogP contribution is 2.30. The van der Waals surface area contributed by atoms with Gasteiger partial charge in [0.05, 0.1) is 18.7 Å². The first-order valence-electron chi connectivity index (χ1n) is 10.3. The van der Waals surface area contributed by atoms with Crippen LogP contribution < -0.4 is 4.90 Å². The zero-order valence-corrected chi connectivity index (χ0v) is 17.1. The van der Waals surface area contributed by atoms with E-state index in [1.807, 2.05) is 42.2 Å². The molecule has 2 saturated heterocycles. The second-order valence-electron chi connectivity index (χ2n) is 8.06. The first kappa shape index (κ1) is 19.7. The molecule has 3 heterocycles. The van der Waals surface area contributed by atoms with E-state index in [9.17, 15) is 9.59 Å². The highest BCUT2D eigenvalue weighted by atomic mass is 16.5. The molecule has 154 valence electrons. The average molecular weight is 396 g/mol. The number of hydrogen-bond donors (Lipinski definition) is 0. The molecule has 2 aromatic rings. The number of carbonyl (C=O) groups excluding carboxylic acids is 2. The topological polar surface area (TPSA) is 63.0 Å². The molecule has 29 heavy (non-hydrogen) atoms. The van der Waals surface area contributed by atoms with Crippen LogP contribution in [0.25, 0.3) is 0 Å². The van der Waals surface area contributed by atoms with Crippen molar-refractivity contribution in [2.75, 3.05) is 24.7 Å². The number of carbonyl (C=O) groups is 2. The molecule has 6 nitrogen and oxygen atoms in total. The largest absolute Gasteiger partial charge is 0.467 e. The highest BCUT2D eigenvalue weighted by Gasteiger charge is 2.39. The summed E-state index contributed by atoms with van der Waals surface area (Å²) in [5.74, 6) is 0.478. The van der Waals surface area contributed by atoms with Gasteiger partial charge in [0, 0.05) is 37.9 Å². The van der Waals surface area contributed by atoms with Crippen LogP contribution in [0.4, 0.5) is 5.69 Å². The van der Waals surface area contributed by atoms with Crippen LogP contribution in [0.3, 0.4) is 0 Å². The van der Waals surface area contributed by atoms with E-state index in [0.29, 0.717) is 26.3 Å². The highest BCUT2D eigenvalue weighted by molar-refractivity contribution is 6.00. The summed E-state index contributed by atoms with van der Waals surface area (Å²) in [6.45, 7) is 6.27. The van der Waals surface area contributed by atoms with Crippen molar-refractivity contribution >= 4 is 17.5 Å². The van der Waals surface area contributed by atoms with Gasteiger partial charge < -0.3 is 19.0 Å². The normalized spacial score (nSPS) is 20.3. The number of rotatable bonds is 5. The molecule has 0 radical (unpaired) electrons. The third kappa shape index (κ3) is 4.22. The van der Waals surface area contributed by atoms with Gasteiger partial charge in [-0.05, 0) is 62.1 Å². The molecule has 1 aromatic carbocycles. The minimum absolute atomic E-state index is 0.0107. The predicted octanol–water partition coefficient (Wildman–Crippen LogP) is 3.46. The summed E-state index contributed by atoms with van der Waals surface area (Å²) in [7, 11) is 0. The smallest absolute Gasteiger partial charge is 0.228 e. The molecule has 0 saturated carbocycles. The average Bonchev–Trinajstić information content (AvgIpc) is 3.38. The Morgan fingerprint density at radius 3 is 2.66 bits per heavy atom. The molecule has 1 unspecified atom stereocenters. The molecule has 0 aliphatic carbocycles. The Bertz CT molecular complexity index is 871. The molecule has 2 aliphatic rings. The Labute approximate surface area is 171 Å². The van der Waals surface area contributed by atoms with Gasteiger partial charge in [-0.25, -0.2) is 0 Å². The van der Waals surface area contributed by atoms with E-state index in [4.69, 9.17) is 9.15 Å². The summed E-state index contributed by atoms with van der Waals surface area (Å²) in [6, 6.07) is 9.86. The van der Waals surface area contributed by atoms with E-state index in [2.05, 4.69) is 6.92 Å². The lowest BCUT2D eigenvalue weighted by molar-refractivity contribution is -0.141. The van der Waals surface area contributed by atoms with Crippen molar-refractivity contribution in [2.45, 2.75) is 45.7 Å². The maximum absolute atomic E-state index is 13.5. The lowest BCUT2D eigenvalue weighted by Crippen LogP contribution is -2.46. The van der Waals surface area contributed by atoms with Crippen LogP contribution in [-0.2, 0) is 20.9 Å². The van der Waals surface area contributed by atoms with E-state index < -0.39 is 0 Å². The van der Waals surface area contributed by atoms with Crippen molar-refractivity contribution in [2.24, 2.45) is 5.92 Å². The van der Waals surface area contributed by atoms with Crippen LogP contribution in [0.5, 0.6) is 0 Å². The van der Waals surface area contributed by atoms with E-state index in [-0.39, 0.29) is 30.2 Å². The molecule has 0 spiro atoms. The van der Waals surface area contributed by atoms with Crippen LogP contribution in [0.2, 0.25) is 0 Å². The van der Waals surface area contributed by atoms with E-state index in [1.54, 1.807) is 11.2 Å². The van der Waals surface area contributed by atoms with Crippen molar-refractivity contribution in [3.05, 3.63) is 53.5 Å². The maximum Gasteiger partial charge on any atom is 0.228 e. The lowest BCUT2D eigenvalue weighted by atomic mass is 10.0. The zero-order chi connectivity index (χ0) is 20.4. The van der Waals surface area contributed by atoms with Gasteiger partial charge in [-0.2, -0.15) is 0 Å².